The van der Waals surface area contributed by atoms with Crippen molar-refractivity contribution in [2.75, 3.05) is 38.6 Å². The van der Waals surface area contributed by atoms with Crippen LogP contribution in [0, 0.1) is 6.92 Å². The molecule has 0 radical (unpaired) electrons. The molecule has 1 N–H and O–H groups in total. The van der Waals surface area contributed by atoms with Crippen molar-refractivity contribution in [3.05, 3.63) is 59.2 Å². The predicted octanol–water partition coefficient (Wildman–Crippen LogP) is 1.68. The minimum absolute atomic E-state index is 0. The van der Waals surface area contributed by atoms with Crippen molar-refractivity contribution >= 4 is 11.6 Å². The van der Waals surface area contributed by atoms with Gasteiger partial charge in [0.1, 0.15) is 5.75 Å². The largest absolute Gasteiger partial charge is 1.00 e. The average molecular weight is 429 g/mol. The van der Waals surface area contributed by atoms with Gasteiger partial charge in [0.25, 0.3) is 0 Å². The van der Waals surface area contributed by atoms with Crippen LogP contribution in [-0.4, -0.2) is 43.7 Å². The second kappa shape index (κ2) is 9.84. The monoisotopic (exact) mass is 428 g/mol. The molecule has 0 spiro atoms. The molecule has 5 heteroatoms. The van der Waals surface area contributed by atoms with E-state index in [1.807, 2.05) is 12.1 Å². The van der Waals surface area contributed by atoms with Gasteiger partial charge in [-0.25, -0.2) is 0 Å². The first kappa shape index (κ1) is 22.6. The number of carbonyl (C=O) groups excluding carboxylic acids is 1. The normalized spacial score (nSPS) is 23.1. The van der Waals surface area contributed by atoms with Gasteiger partial charge in [-0.05, 0) is 36.5 Å². The maximum Gasteiger partial charge on any atom is 0.224 e. The Morgan fingerprint density at radius 3 is 2.53 bits per heavy atom. The second-order valence-corrected chi connectivity index (χ2v) is 9.04. The van der Waals surface area contributed by atoms with Gasteiger partial charge in [0.05, 0.1) is 33.3 Å². The van der Waals surface area contributed by atoms with Crippen molar-refractivity contribution < 1.29 is 26.4 Å². The number of fused-ring (bicyclic) bond motifs is 1. The molecule has 2 heterocycles. The second-order valence-electron chi connectivity index (χ2n) is 9.04. The molecular formula is C25H33ClN2O2. The van der Waals surface area contributed by atoms with Gasteiger partial charge < -0.3 is 26.9 Å². The molecule has 4 nitrogen and oxygen atoms in total. The van der Waals surface area contributed by atoms with E-state index in [0.29, 0.717) is 12.3 Å². The van der Waals surface area contributed by atoms with Crippen LogP contribution in [0.4, 0.5) is 5.69 Å². The lowest BCUT2D eigenvalue weighted by Gasteiger charge is -2.41. The van der Waals surface area contributed by atoms with Crippen LogP contribution in [0.3, 0.4) is 0 Å². The number of anilines is 1. The summed E-state index contributed by atoms with van der Waals surface area (Å²) in [6.45, 7) is 6.51. The Hall–Kier alpha value is -2.04. The molecule has 162 valence electrons. The fraction of sp³-hybridized carbons (Fsp3) is 0.480. The van der Waals surface area contributed by atoms with Crippen molar-refractivity contribution in [1.29, 1.82) is 0 Å². The number of benzene rings is 2. The summed E-state index contributed by atoms with van der Waals surface area (Å²) in [6.07, 6.45) is 4.99. The van der Waals surface area contributed by atoms with Crippen LogP contribution in [0.25, 0.3) is 0 Å². The molecule has 1 fully saturated rings. The number of piperidine rings is 1. The number of ether oxygens (including phenoxy) is 1. The molecule has 30 heavy (non-hydrogen) atoms. The molecule has 1 amide bonds. The molecule has 2 aromatic rings. The topological polar surface area (TPSA) is 38.3 Å². The van der Waals surface area contributed by atoms with Crippen molar-refractivity contribution in [1.82, 2.24) is 0 Å². The summed E-state index contributed by atoms with van der Waals surface area (Å²) in [7, 11) is 2.39. The Kier molecular flexibility index (Phi) is 7.43. The molecule has 0 aliphatic carbocycles. The van der Waals surface area contributed by atoms with Crippen LogP contribution in [0.5, 0.6) is 5.75 Å². The lowest BCUT2D eigenvalue weighted by Crippen LogP contribution is -3.00. The number of hydrogen-bond acceptors (Lipinski definition) is 2. The highest BCUT2D eigenvalue weighted by molar-refractivity contribution is 5.94. The third-order valence-electron chi connectivity index (χ3n) is 6.67. The van der Waals surface area contributed by atoms with Gasteiger partial charge in [0.15, 0.2) is 0 Å². The fourth-order valence-electron chi connectivity index (χ4n) is 4.66. The molecule has 0 aromatic heterocycles. The number of hydrogen-bond donors (Lipinski definition) is 1. The smallest absolute Gasteiger partial charge is 0.224 e. The summed E-state index contributed by atoms with van der Waals surface area (Å²) in [5, 5.41) is 2.95. The first-order valence-corrected chi connectivity index (χ1v) is 11.0. The standard InChI is InChI=1S/C25H32N2O2.ClH/c1-19-4-6-20(7-5-19)21-12-15-27(2,16-13-21)14-3-17-29-23-10-8-22-9-11-25(28)26-24(22)18-23;/h4-8,10,18,21H,3,9,11-17H2,1-2H3;1H. The first-order valence-electron chi connectivity index (χ1n) is 11.0. The highest BCUT2D eigenvalue weighted by atomic mass is 35.5. The number of halogens is 1. The number of likely N-dealkylation sites (tertiary alicyclic amines) is 1. The number of nitrogens with one attached hydrogen (secondary N) is 1. The van der Waals surface area contributed by atoms with Gasteiger partial charge in [0, 0.05) is 37.4 Å². The van der Waals surface area contributed by atoms with Crippen molar-refractivity contribution in [3.63, 3.8) is 0 Å². The minimum atomic E-state index is 0. The van der Waals surface area contributed by atoms with Crippen molar-refractivity contribution in [3.8, 4) is 5.75 Å². The lowest BCUT2D eigenvalue weighted by atomic mass is 9.88. The van der Waals surface area contributed by atoms with E-state index in [-0.39, 0.29) is 18.3 Å². The van der Waals surface area contributed by atoms with Crippen molar-refractivity contribution in [2.45, 2.75) is 44.9 Å². The molecule has 0 atom stereocenters. The minimum Gasteiger partial charge on any atom is -1.00 e. The average Bonchev–Trinajstić information content (AvgIpc) is 2.72. The Balaban J connectivity index is 0.00000256. The van der Waals surface area contributed by atoms with E-state index < -0.39 is 0 Å². The van der Waals surface area contributed by atoms with Crippen molar-refractivity contribution in [2.24, 2.45) is 0 Å². The summed E-state index contributed by atoms with van der Waals surface area (Å²) in [6, 6.07) is 15.2. The van der Waals surface area contributed by atoms with Gasteiger partial charge >= 0.3 is 0 Å². The molecule has 0 bridgehead atoms. The molecule has 2 aliphatic heterocycles. The summed E-state index contributed by atoms with van der Waals surface area (Å²) in [4.78, 5) is 11.6. The number of rotatable bonds is 6. The SMILES string of the molecule is Cc1ccc(C2CC[N+](C)(CCCOc3ccc4c(c3)NC(=O)CC4)CC2)cc1.[Cl-]. The maximum atomic E-state index is 11.6. The summed E-state index contributed by atoms with van der Waals surface area (Å²) >= 11 is 0. The molecule has 0 unspecified atom stereocenters. The van der Waals surface area contributed by atoms with E-state index in [9.17, 15) is 4.79 Å². The summed E-state index contributed by atoms with van der Waals surface area (Å²) < 4.78 is 7.13. The zero-order valence-electron chi connectivity index (χ0n) is 18.1. The number of aryl methyl sites for hydroxylation is 2. The van der Waals surface area contributed by atoms with Crippen LogP contribution in [0.15, 0.2) is 42.5 Å². The Morgan fingerprint density at radius 1 is 1.07 bits per heavy atom. The molecule has 4 rings (SSSR count). The summed E-state index contributed by atoms with van der Waals surface area (Å²) in [5.74, 6) is 1.66. The zero-order valence-corrected chi connectivity index (χ0v) is 18.9. The molecule has 2 aliphatic rings. The van der Waals surface area contributed by atoms with E-state index >= 15 is 0 Å². The predicted molar refractivity (Wildman–Crippen MR) is 117 cm³/mol. The van der Waals surface area contributed by atoms with Gasteiger partial charge in [-0.3, -0.25) is 4.79 Å². The Bertz CT molecular complexity index is 858. The van der Waals surface area contributed by atoms with Crippen LogP contribution < -0.4 is 22.5 Å². The fourth-order valence-corrected chi connectivity index (χ4v) is 4.66. The van der Waals surface area contributed by atoms with Gasteiger partial charge in [-0.1, -0.05) is 35.9 Å². The first-order chi connectivity index (χ1) is 14.0. The van der Waals surface area contributed by atoms with E-state index in [4.69, 9.17) is 4.74 Å². The number of amides is 1. The highest BCUT2D eigenvalue weighted by Gasteiger charge is 2.30. The van der Waals surface area contributed by atoms with E-state index in [2.05, 4.69) is 49.6 Å². The molecule has 1 saturated heterocycles. The highest BCUT2D eigenvalue weighted by Crippen LogP contribution is 2.31. The Morgan fingerprint density at radius 2 is 1.80 bits per heavy atom. The van der Waals surface area contributed by atoms with Crippen LogP contribution >= 0.6 is 0 Å². The van der Waals surface area contributed by atoms with E-state index in [1.54, 1.807) is 0 Å². The molecule has 0 saturated carbocycles. The molecular weight excluding hydrogens is 396 g/mol. The van der Waals surface area contributed by atoms with E-state index in [1.165, 1.54) is 42.6 Å². The lowest BCUT2D eigenvalue weighted by molar-refractivity contribution is -0.914. The van der Waals surface area contributed by atoms with Gasteiger partial charge in [0.2, 0.25) is 5.91 Å². The zero-order chi connectivity index (χ0) is 20.3. The third-order valence-corrected chi connectivity index (χ3v) is 6.67. The van der Waals surface area contributed by atoms with Gasteiger partial charge in [-0.15, -0.1) is 0 Å². The molecule has 2 aromatic carbocycles. The van der Waals surface area contributed by atoms with E-state index in [0.717, 1.165) is 41.9 Å². The maximum absolute atomic E-state index is 11.6. The van der Waals surface area contributed by atoms with Gasteiger partial charge in [-0.2, -0.15) is 0 Å². The third kappa shape index (κ3) is 5.55. The van der Waals surface area contributed by atoms with Crippen LogP contribution in [-0.2, 0) is 11.2 Å². The summed E-state index contributed by atoms with van der Waals surface area (Å²) in [5.41, 5.74) is 4.96. The quantitative estimate of drug-likeness (QED) is 0.561. The number of nitrogens with zero attached hydrogens (tertiary/aromatic N) is 1. The van der Waals surface area contributed by atoms with Crippen LogP contribution in [0.2, 0.25) is 0 Å². The van der Waals surface area contributed by atoms with Crippen LogP contribution in [0.1, 0.15) is 48.3 Å². The number of quaternary nitrogens is 1. The number of carbonyl (C=O) groups is 1. The Labute approximate surface area is 186 Å².